The molecular weight excluding hydrogens is 277 g/mol. The zero-order valence-corrected chi connectivity index (χ0v) is 12.3. The number of carbonyl (C=O) groups is 2. The summed E-state index contributed by atoms with van der Waals surface area (Å²) >= 11 is 0. The Bertz CT molecular complexity index is 573. The minimum Gasteiger partial charge on any atom is -0.435 e. The van der Waals surface area contributed by atoms with Gasteiger partial charge in [0.15, 0.2) is 0 Å². The fourth-order valence-electron chi connectivity index (χ4n) is 2.54. The van der Waals surface area contributed by atoms with E-state index in [2.05, 4.69) is 0 Å². The molecule has 2 rings (SSSR count). The van der Waals surface area contributed by atoms with Gasteiger partial charge in [-0.2, -0.15) is 0 Å². The van der Waals surface area contributed by atoms with Gasteiger partial charge in [-0.05, 0) is 37.5 Å². The maximum absolute atomic E-state index is 14.2. The molecule has 0 aromatic heterocycles. The topological polar surface area (TPSA) is 55.8 Å². The smallest absolute Gasteiger partial charge is 0.435 e. The molecule has 0 saturated heterocycles. The number of carbonyl (C=O) groups excluding carboxylic acids is 2. The largest absolute Gasteiger partial charge is 0.510 e. The molecule has 1 aromatic carbocycles. The van der Waals surface area contributed by atoms with Crippen LogP contribution in [0.5, 0.6) is 0 Å². The van der Waals surface area contributed by atoms with E-state index in [0.29, 0.717) is 13.0 Å². The summed E-state index contributed by atoms with van der Waals surface area (Å²) in [6, 6.07) is 3.00. The molecule has 0 bridgehead atoms. The summed E-state index contributed by atoms with van der Waals surface area (Å²) in [7, 11) is 0. The van der Waals surface area contributed by atoms with Crippen LogP contribution in [-0.4, -0.2) is 30.1 Å². The van der Waals surface area contributed by atoms with Crippen molar-refractivity contribution >= 4 is 12.1 Å². The minimum atomic E-state index is -1.08. The van der Waals surface area contributed by atoms with Crippen LogP contribution in [0, 0.1) is 12.7 Å². The number of halogens is 1. The molecule has 1 atom stereocenters. The van der Waals surface area contributed by atoms with Crippen LogP contribution in [0.2, 0.25) is 0 Å². The van der Waals surface area contributed by atoms with Crippen molar-refractivity contribution < 1.29 is 23.5 Å². The Morgan fingerprint density at radius 3 is 2.76 bits per heavy atom. The van der Waals surface area contributed by atoms with Gasteiger partial charge in [0.25, 0.3) is 0 Å². The van der Waals surface area contributed by atoms with Gasteiger partial charge in [0.1, 0.15) is 5.82 Å². The van der Waals surface area contributed by atoms with Crippen LogP contribution in [0.1, 0.15) is 36.8 Å². The molecule has 1 heterocycles. The summed E-state index contributed by atoms with van der Waals surface area (Å²) in [5, 5.41) is 0. The van der Waals surface area contributed by atoms with Crippen LogP contribution in [0.15, 0.2) is 12.1 Å². The average Bonchev–Trinajstić information content (AvgIpc) is 2.42. The van der Waals surface area contributed by atoms with Gasteiger partial charge in [-0.25, -0.2) is 9.18 Å². The molecule has 0 spiro atoms. The molecule has 114 valence electrons. The summed E-state index contributed by atoms with van der Waals surface area (Å²) in [6.07, 6.45) is -1.46. The number of aryl methyl sites for hydroxylation is 1. The van der Waals surface area contributed by atoms with Crippen molar-refractivity contribution in [3.8, 4) is 0 Å². The third-order valence-electron chi connectivity index (χ3n) is 3.55. The highest BCUT2D eigenvalue weighted by atomic mass is 19.1. The molecule has 0 saturated carbocycles. The Morgan fingerprint density at radius 2 is 2.14 bits per heavy atom. The molecule has 1 amide bonds. The molecule has 0 N–H and O–H groups in total. The zero-order valence-electron chi connectivity index (χ0n) is 12.3. The van der Waals surface area contributed by atoms with Crippen molar-refractivity contribution in [3.63, 3.8) is 0 Å². The molecule has 21 heavy (non-hydrogen) atoms. The lowest BCUT2D eigenvalue weighted by Crippen LogP contribution is -2.41. The highest BCUT2D eigenvalue weighted by Gasteiger charge is 2.35. The summed E-state index contributed by atoms with van der Waals surface area (Å²) in [5.74, 6) is -0.772. The first-order valence-electron chi connectivity index (χ1n) is 6.84. The lowest BCUT2D eigenvalue weighted by molar-refractivity contribution is -0.142. The number of hydrogen-bond donors (Lipinski definition) is 0. The molecule has 5 nitrogen and oxygen atoms in total. The molecular formula is C15H18FNO4. The number of amides is 1. The van der Waals surface area contributed by atoms with Crippen LogP contribution in [0.3, 0.4) is 0 Å². The Hall–Kier alpha value is -2.11. The van der Waals surface area contributed by atoms with Gasteiger partial charge in [0.2, 0.25) is 12.1 Å². The predicted molar refractivity (Wildman–Crippen MR) is 73.1 cm³/mol. The van der Waals surface area contributed by atoms with E-state index < -0.39 is 18.2 Å². The number of rotatable bonds is 2. The predicted octanol–water partition coefficient (Wildman–Crippen LogP) is 2.71. The monoisotopic (exact) mass is 295 g/mol. The normalized spacial score (nSPS) is 17.1. The van der Waals surface area contributed by atoms with Gasteiger partial charge in [0, 0.05) is 13.5 Å². The van der Waals surface area contributed by atoms with Gasteiger partial charge in [0.05, 0.1) is 12.2 Å². The van der Waals surface area contributed by atoms with Crippen molar-refractivity contribution in [2.45, 2.75) is 33.4 Å². The Morgan fingerprint density at radius 1 is 1.43 bits per heavy atom. The highest BCUT2D eigenvalue weighted by molar-refractivity contribution is 5.74. The second kappa shape index (κ2) is 6.11. The molecule has 0 radical (unpaired) electrons. The standard InChI is InChI=1S/C15H18FNO4/c1-4-20-15(19)21-14-13-11(7-8-17(14)10(3)18)9(2)5-6-12(13)16/h5-6,14H,4,7-8H2,1-3H3. The van der Waals surface area contributed by atoms with E-state index in [9.17, 15) is 14.0 Å². The van der Waals surface area contributed by atoms with Gasteiger partial charge in [-0.1, -0.05) is 6.07 Å². The number of ether oxygens (including phenoxy) is 2. The van der Waals surface area contributed by atoms with Gasteiger partial charge < -0.3 is 14.4 Å². The maximum Gasteiger partial charge on any atom is 0.510 e. The van der Waals surface area contributed by atoms with E-state index in [-0.39, 0.29) is 18.1 Å². The second-order valence-corrected chi connectivity index (χ2v) is 4.87. The maximum atomic E-state index is 14.2. The molecule has 1 aliphatic rings. The molecule has 0 aliphatic carbocycles. The van der Waals surface area contributed by atoms with Crippen molar-refractivity contribution in [1.82, 2.24) is 4.90 Å². The molecule has 1 aromatic rings. The first kappa shape index (κ1) is 15.3. The second-order valence-electron chi connectivity index (χ2n) is 4.87. The Kier molecular flexibility index (Phi) is 4.45. The quantitative estimate of drug-likeness (QED) is 0.787. The first-order chi connectivity index (χ1) is 9.95. The van der Waals surface area contributed by atoms with E-state index in [4.69, 9.17) is 9.47 Å². The van der Waals surface area contributed by atoms with E-state index in [1.807, 2.05) is 6.92 Å². The van der Waals surface area contributed by atoms with Crippen LogP contribution < -0.4 is 0 Å². The zero-order chi connectivity index (χ0) is 15.6. The number of hydrogen-bond acceptors (Lipinski definition) is 4. The molecule has 1 unspecified atom stereocenters. The van der Waals surface area contributed by atoms with Crippen LogP contribution in [-0.2, 0) is 20.7 Å². The van der Waals surface area contributed by atoms with E-state index >= 15 is 0 Å². The van der Waals surface area contributed by atoms with Crippen molar-refractivity contribution in [2.75, 3.05) is 13.2 Å². The lowest BCUT2D eigenvalue weighted by atomic mass is 9.93. The number of nitrogens with zero attached hydrogens (tertiary/aromatic N) is 1. The third kappa shape index (κ3) is 2.99. The van der Waals surface area contributed by atoms with Gasteiger partial charge in [-0.3, -0.25) is 4.79 Å². The SMILES string of the molecule is CCOC(=O)OC1c2c(F)ccc(C)c2CCN1C(C)=O. The van der Waals surface area contributed by atoms with Gasteiger partial charge in [-0.15, -0.1) is 0 Å². The summed E-state index contributed by atoms with van der Waals surface area (Å²) < 4.78 is 24.1. The number of benzene rings is 1. The average molecular weight is 295 g/mol. The molecule has 0 fully saturated rings. The van der Waals surface area contributed by atoms with Crippen LogP contribution >= 0.6 is 0 Å². The van der Waals surface area contributed by atoms with Crippen LogP contribution in [0.4, 0.5) is 9.18 Å². The first-order valence-corrected chi connectivity index (χ1v) is 6.84. The van der Waals surface area contributed by atoms with Crippen molar-refractivity contribution in [1.29, 1.82) is 0 Å². The van der Waals surface area contributed by atoms with E-state index in [1.165, 1.54) is 17.9 Å². The van der Waals surface area contributed by atoms with Crippen molar-refractivity contribution in [2.24, 2.45) is 0 Å². The summed E-state index contributed by atoms with van der Waals surface area (Å²) in [5.41, 5.74) is 1.93. The fourth-order valence-corrected chi connectivity index (χ4v) is 2.54. The third-order valence-corrected chi connectivity index (χ3v) is 3.55. The van der Waals surface area contributed by atoms with Crippen molar-refractivity contribution in [3.05, 3.63) is 34.6 Å². The Balaban J connectivity index is 2.44. The van der Waals surface area contributed by atoms with Gasteiger partial charge >= 0.3 is 6.16 Å². The number of fused-ring (bicyclic) bond motifs is 1. The summed E-state index contributed by atoms with van der Waals surface area (Å²) in [4.78, 5) is 24.6. The fraction of sp³-hybridized carbons (Fsp3) is 0.467. The Labute approximate surface area is 122 Å². The molecule has 6 heteroatoms. The van der Waals surface area contributed by atoms with Crippen LogP contribution in [0.25, 0.3) is 0 Å². The molecule has 1 aliphatic heterocycles. The lowest BCUT2D eigenvalue weighted by Gasteiger charge is -2.36. The highest BCUT2D eigenvalue weighted by Crippen LogP contribution is 2.34. The van der Waals surface area contributed by atoms with E-state index in [1.54, 1.807) is 13.0 Å². The summed E-state index contributed by atoms with van der Waals surface area (Å²) in [6.45, 7) is 5.39. The van der Waals surface area contributed by atoms with E-state index in [0.717, 1.165) is 11.1 Å². The minimum absolute atomic E-state index is 0.148.